The van der Waals surface area contributed by atoms with Gasteiger partial charge in [-0.1, -0.05) is 17.7 Å². The molecule has 2 fully saturated rings. The topological polar surface area (TPSA) is 53.4 Å². The summed E-state index contributed by atoms with van der Waals surface area (Å²) in [6.07, 6.45) is 5.38. The van der Waals surface area contributed by atoms with Gasteiger partial charge in [-0.15, -0.1) is 12.4 Å². The quantitative estimate of drug-likeness (QED) is 0.814. The van der Waals surface area contributed by atoms with Crippen LogP contribution in [0.2, 0.25) is 0 Å². The molecule has 1 unspecified atom stereocenters. The number of nitrogens with one attached hydrogen (secondary N) is 1. The van der Waals surface area contributed by atoms with Crippen molar-refractivity contribution in [3.63, 3.8) is 0 Å². The Kier molecular flexibility index (Phi) is 6.46. The number of hydrogen-bond acceptors (Lipinski definition) is 4. The van der Waals surface area contributed by atoms with Crippen molar-refractivity contribution < 1.29 is 4.79 Å². The van der Waals surface area contributed by atoms with Gasteiger partial charge in [-0.25, -0.2) is 4.68 Å². The van der Waals surface area contributed by atoms with Crippen molar-refractivity contribution in [3.8, 4) is 5.69 Å². The van der Waals surface area contributed by atoms with Crippen LogP contribution >= 0.6 is 12.4 Å². The standard InChI is InChI=1S/C23H31N5O.ClH/c1-17-6-8-18(9-7-17)28-21-5-3-2-4-20(21)22(25-28)23(29)27-13-10-19(16-27)26-14-11-24-12-15-26;/h6-9,19,24H,2-5,10-16H2,1H3;1H. The first-order valence-corrected chi connectivity index (χ1v) is 11.1. The Morgan fingerprint density at radius 3 is 2.57 bits per heavy atom. The van der Waals surface area contributed by atoms with Gasteiger partial charge >= 0.3 is 0 Å². The van der Waals surface area contributed by atoms with E-state index in [1.54, 1.807) is 0 Å². The number of fused-ring (bicyclic) bond motifs is 1. The molecular formula is C23H32ClN5O. The van der Waals surface area contributed by atoms with Gasteiger partial charge in [-0.2, -0.15) is 5.10 Å². The lowest BCUT2D eigenvalue weighted by molar-refractivity contribution is 0.0766. The van der Waals surface area contributed by atoms with E-state index in [-0.39, 0.29) is 18.3 Å². The van der Waals surface area contributed by atoms with Gasteiger partial charge in [-0.3, -0.25) is 9.69 Å². The highest BCUT2D eigenvalue weighted by Crippen LogP contribution is 2.29. The summed E-state index contributed by atoms with van der Waals surface area (Å²) in [6, 6.07) is 8.96. The summed E-state index contributed by atoms with van der Waals surface area (Å²) < 4.78 is 2.03. The zero-order valence-electron chi connectivity index (χ0n) is 17.8. The lowest BCUT2D eigenvalue weighted by atomic mass is 9.95. The second-order valence-electron chi connectivity index (χ2n) is 8.71. The normalized spacial score (nSPS) is 21.9. The lowest BCUT2D eigenvalue weighted by Gasteiger charge is -2.32. The van der Waals surface area contributed by atoms with Crippen LogP contribution in [0.25, 0.3) is 5.69 Å². The number of hydrogen-bond donors (Lipinski definition) is 1. The molecule has 0 saturated carbocycles. The maximum atomic E-state index is 13.5. The van der Waals surface area contributed by atoms with Crippen molar-refractivity contribution in [2.75, 3.05) is 39.3 Å². The van der Waals surface area contributed by atoms with Gasteiger partial charge in [0.25, 0.3) is 5.91 Å². The van der Waals surface area contributed by atoms with Crippen LogP contribution in [0.15, 0.2) is 24.3 Å². The number of rotatable bonds is 3. The van der Waals surface area contributed by atoms with E-state index in [1.807, 2.05) is 9.58 Å². The molecule has 30 heavy (non-hydrogen) atoms. The molecule has 2 saturated heterocycles. The molecule has 2 aliphatic heterocycles. The Hall–Kier alpha value is -1.89. The van der Waals surface area contributed by atoms with E-state index in [4.69, 9.17) is 5.10 Å². The molecule has 0 spiro atoms. The number of likely N-dealkylation sites (tertiary alicyclic amines) is 1. The predicted molar refractivity (Wildman–Crippen MR) is 121 cm³/mol. The molecule has 1 N–H and O–H groups in total. The third-order valence-corrected chi connectivity index (χ3v) is 6.78. The van der Waals surface area contributed by atoms with Gasteiger partial charge in [-0.05, 0) is 51.2 Å². The van der Waals surface area contributed by atoms with Gasteiger partial charge in [0.15, 0.2) is 5.69 Å². The number of amides is 1. The highest BCUT2D eigenvalue weighted by atomic mass is 35.5. The largest absolute Gasteiger partial charge is 0.336 e. The van der Waals surface area contributed by atoms with Crippen LogP contribution in [0, 0.1) is 6.92 Å². The molecule has 1 aliphatic carbocycles. The smallest absolute Gasteiger partial charge is 0.274 e. The Morgan fingerprint density at radius 1 is 1.07 bits per heavy atom. The molecule has 7 heteroatoms. The molecule has 1 atom stereocenters. The minimum absolute atomic E-state index is 0. The fourth-order valence-corrected chi connectivity index (χ4v) is 5.09. The van der Waals surface area contributed by atoms with Crippen LogP contribution in [0.1, 0.15) is 46.6 Å². The van der Waals surface area contributed by atoms with E-state index in [2.05, 4.69) is 41.4 Å². The molecule has 162 valence electrons. The highest BCUT2D eigenvalue weighted by molar-refractivity contribution is 5.94. The van der Waals surface area contributed by atoms with Crippen molar-refractivity contribution in [2.45, 2.75) is 45.1 Å². The second kappa shape index (κ2) is 9.08. The van der Waals surface area contributed by atoms with Crippen molar-refractivity contribution in [3.05, 3.63) is 46.8 Å². The third-order valence-electron chi connectivity index (χ3n) is 6.78. The molecule has 6 nitrogen and oxygen atoms in total. The van der Waals surface area contributed by atoms with E-state index in [9.17, 15) is 4.79 Å². The van der Waals surface area contributed by atoms with Crippen LogP contribution in [0.4, 0.5) is 0 Å². The third kappa shape index (κ3) is 4.01. The Bertz CT molecular complexity index is 888. The summed E-state index contributed by atoms with van der Waals surface area (Å²) in [5.41, 5.74) is 5.42. The van der Waals surface area contributed by atoms with Crippen LogP contribution < -0.4 is 5.32 Å². The Labute approximate surface area is 185 Å². The number of piperazine rings is 1. The van der Waals surface area contributed by atoms with E-state index in [1.165, 1.54) is 23.2 Å². The number of halogens is 1. The zero-order valence-corrected chi connectivity index (χ0v) is 18.6. The van der Waals surface area contributed by atoms with Crippen LogP contribution in [-0.4, -0.2) is 70.8 Å². The first-order valence-electron chi connectivity index (χ1n) is 11.1. The number of carbonyl (C=O) groups excluding carboxylic acids is 1. The lowest BCUT2D eigenvalue weighted by Crippen LogP contribution is -2.49. The second-order valence-corrected chi connectivity index (χ2v) is 8.71. The molecule has 3 aliphatic rings. The fourth-order valence-electron chi connectivity index (χ4n) is 5.09. The van der Waals surface area contributed by atoms with Crippen molar-refractivity contribution in [1.82, 2.24) is 24.9 Å². The molecule has 1 amide bonds. The Morgan fingerprint density at radius 2 is 1.80 bits per heavy atom. The minimum atomic E-state index is 0. The molecular weight excluding hydrogens is 398 g/mol. The van der Waals surface area contributed by atoms with Gasteiger partial charge in [0.1, 0.15) is 0 Å². The van der Waals surface area contributed by atoms with Crippen molar-refractivity contribution in [2.24, 2.45) is 0 Å². The first kappa shape index (κ1) is 21.3. The molecule has 5 rings (SSSR count). The van der Waals surface area contributed by atoms with Crippen LogP contribution in [-0.2, 0) is 12.8 Å². The maximum absolute atomic E-state index is 13.5. The van der Waals surface area contributed by atoms with E-state index < -0.39 is 0 Å². The monoisotopic (exact) mass is 429 g/mol. The molecule has 1 aromatic heterocycles. The van der Waals surface area contributed by atoms with E-state index in [0.29, 0.717) is 11.7 Å². The zero-order chi connectivity index (χ0) is 19.8. The predicted octanol–water partition coefficient (Wildman–Crippen LogP) is 2.60. The van der Waals surface area contributed by atoms with Crippen molar-refractivity contribution in [1.29, 1.82) is 0 Å². The SMILES string of the molecule is Cc1ccc(-n2nc(C(=O)N3CCC(N4CCNCC4)C3)c3c2CCCC3)cc1.Cl. The summed E-state index contributed by atoms with van der Waals surface area (Å²) in [4.78, 5) is 18.1. The van der Waals surface area contributed by atoms with Gasteiger partial charge in [0.05, 0.1) is 5.69 Å². The number of carbonyl (C=O) groups is 1. The average molecular weight is 430 g/mol. The summed E-state index contributed by atoms with van der Waals surface area (Å²) in [6.45, 7) is 8.07. The molecule has 3 heterocycles. The van der Waals surface area contributed by atoms with E-state index in [0.717, 1.165) is 70.6 Å². The number of benzene rings is 1. The summed E-state index contributed by atoms with van der Waals surface area (Å²) >= 11 is 0. The average Bonchev–Trinajstić information content (AvgIpc) is 3.40. The maximum Gasteiger partial charge on any atom is 0.274 e. The van der Waals surface area contributed by atoms with Crippen LogP contribution in [0.5, 0.6) is 0 Å². The first-order chi connectivity index (χ1) is 14.2. The van der Waals surface area contributed by atoms with Crippen molar-refractivity contribution >= 4 is 18.3 Å². The van der Waals surface area contributed by atoms with Gasteiger partial charge in [0.2, 0.25) is 0 Å². The van der Waals surface area contributed by atoms with Gasteiger partial charge in [0, 0.05) is 56.6 Å². The molecule has 2 aromatic rings. The Balaban J connectivity index is 0.00000218. The summed E-state index contributed by atoms with van der Waals surface area (Å²) in [5.74, 6) is 0.131. The molecule has 0 bridgehead atoms. The van der Waals surface area contributed by atoms with E-state index >= 15 is 0 Å². The minimum Gasteiger partial charge on any atom is -0.336 e. The summed E-state index contributed by atoms with van der Waals surface area (Å²) in [7, 11) is 0. The highest BCUT2D eigenvalue weighted by Gasteiger charge is 2.34. The fraction of sp³-hybridized carbons (Fsp3) is 0.565. The molecule has 0 radical (unpaired) electrons. The number of aryl methyl sites for hydroxylation is 1. The molecule has 1 aromatic carbocycles. The number of aromatic nitrogens is 2. The number of nitrogens with zero attached hydrogens (tertiary/aromatic N) is 4. The van der Waals surface area contributed by atoms with Crippen LogP contribution in [0.3, 0.4) is 0 Å². The summed E-state index contributed by atoms with van der Waals surface area (Å²) in [5, 5.41) is 8.29. The van der Waals surface area contributed by atoms with Gasteiger partial charge < -0.3 is 10.2 Å².